The summed E-state index contributed by atoms with van der Waals surface area (Å²) in [6, 6.07) is 6.42. The Morgan fingerprint density at radius 3 is 2.77 bits per heavy atom. The van der Waals surface area contributed by atoms with Gasteiger partial charge in [-0.2, -0.15) is 5.10 Å². The standard InChI is InChI=1S/C20H22N6O4/c1-24-12-15(11-22-24)19(27)21-10-13-5-7-25(8-6-13)20(28)16-9-14-3-2-4-17(26(29)30)18(14)23-16/h2-4,9,11-13,23H,5-8,10H2,1H3,(H,21,27). The van der Waals surface area contributed by atoms with E-state index in [1.54, 1.807) is 41.0 Å². The highest BCUT2D eigenvalue weighted by Gasteiger charge is 2.26. The quantitative estimate of drug-likeness (QED) is 0.492. The van der Waals surface area contributed by atoms with Gasteiger partial charge in [0.15, 0.2) is 0 Å². The van der Waals surface area contributed by atoms with Crippen LogP contribution in [0.2, 0.25) is 0 Å². The Morgan fingerprint density at radius 2 is 2.10 bits per heavy atom. The van der Waals surface area contributed by atoms with E-state index in [0.717, 1.165) is 12.8 Å². The van der Waals surface area contributed by atoms with Crippen molar-refractivity contribution in [2.45, 2.75) is 12.8 Å². The number of hydrogen-bond donors (Lipinski definition) is 2. The second kappa shape index (κ2) is 7.97. The average Bonchev–Trinajstić information content (AvgIpc) is 3.37. The highest BCUT2D eigenvalue weighted by Crippen LogP contribution is 2.26. The number of fused-ring (bicyclic) bond motifs is 1. The smallest absolute Gasteiger partial charge is 0.293 e. The minimum Gasteiger partial charge on any atom is -0.352 e. The van der Waals surface area contributed by atoms with Crippen LogP contribution in [0.25, 0.3) is 10.9 Å². The van der Waals surface area contributed by atoms with Crippen molar-refractivity contribution < 1.29 is 14.5 Å². The molecular weight excluding hydrogens is 388 g/mol. The Hall–Kier alpha value is -3.69. The first-order valence-electron chi connectivity index (χ1n) is 9.74. The lowest BCUT2D eigenvalue weighted by Crippen LogP contribution is -2.41. The van der Waals surface area contributed by atoms with Gasteiger partial charge >= 0.3 is 0 Å². The van der Waals surface area contributed by atoms with Crippen molar-refractivity contribution in [2.75, 3.05) is 19.6 Å². The fourth-order valence-electron chi connectivity index (χ4n) is 3.80. The highest BCUT2D eigenvalue weighted by atomic mass is 16.6. The second-order valence-electron chi connectivity index (χ2n) is 7.53. The zero-order chi connectivity index (χ0) is 21.3. The maximum atomic E-state index is 12.9. The van der Waals surface area contributed by atoms with Gasteiger partial charge < -0.3 is 15.2 Å². The van der Waals surface area contributed by atoms with Crippen LogP contribution in [-0.2, 0) is 7.05 Å². The summed E-state index contributed by atoms with van der Waals surface area (Å²) < 4.78 is 1.58. The highest BCUT2D eigenvalue weighted by molar-refractivity contribution is 6.00. The molecule has 1 aromatic carbocycles. The molecule has 0 spiro atoms. The number of H-pyrrole nitrogens is 1. The van der Waals surface area contributed by atoms with Gasteiger partial charge in [-0.3, -0.25) is 24.4 Å². The van der Waals surface area contributed by atoms with Crippen molar-refractivity contribution in [3.05, 3.63) is 58.0 Å². The van der Waals surface area contributed by atoms with Crippen LogP contribution in [0.15, 0.2) is 36.7 Å². The fourth-order valence-corrected chi connectivity index (χ4v) is 3.80. The van der Waals surface area contributed by atoms with Crippen LogP contribution < -0.4 is 5.32 Å². The van der Waals surface area contributed by atoms with E-state index in [1.807, 2.05) is 0 Å². The zero-order valence-electron chi connectivity index (χ0n) is 16.5. The summed E-state index contributed by atoms with van der Waals surface area (Å²) in [7, 11) is 1.76. The first-order valence-corrected chi connectivity index (χ1v) is 9.74. The molecule has 4 rings (SSSR count). The molecule has 10 nitrogen and oxygen atoms in total. The largest absolute Gasteiger partial charge is 0.352 e. The normalized spacial score (nSPS) is 14.8. The molecule has 3 heterocycles. The number of amides is 2. The van der Waals surface area contributed by atoms with E-state index in [4.69, 9.17) is 0 Å². The summed E-state index contributed by atoms with van der Waals surface area (Å²) in [5.74, 6) is -0.0295. The molecule has 156 valence electrons. The summed E-state index contributed by atoms with van der Waals surface area (Å²) in [5.41, 5.74) is 1.19. The average molecular weight is 410 g/mol. The van der Waals surface area contributed by atoms with Gasteiger partial charge in [-0.05, 0) is 24.8 Å². The molecule has 3 aromatic rings. The van der Waals surface area contributed by atoms with E-state index in [0.29, 0.717) is 47.7 Å². The summed E-state index contributed by atoms with van der Waals surface area (Å²) in [4.78, 5) is 40.4. The number of nitrogens with zero attached hydrogens (tertiary/aromatic N) is 4. The molecule has 2 amide bonds. The first kappa shape index (κ1) is 19.6. The van der Waals surface area contributed by atoms with Crippen LogP contribution in [0.5, 0.6) is 0 Å². The first-order chi connectivity index (χ1) is 14.4. The number of nitro benzene ring substituents is 1. The van der Waals surface area contributed by atoms with E-state index in [2.05, 4.69) is 15.4 Å². The number of piperidine rings is 1. The van der Waals surface area contributed by atoms with E-state index < -0.39 is 4.92 Å². The second-order valence-corrected chi connectivity index (χ2v) is 7.53. The van der Waals surface area contributed by atoms with Gasteiger partial charge in [0.25, 0.3) is 17.5 Å². The van der Waals surface area contributed by atoms with E-state index >= 15 is 0 Å². The molecule has 0 atom stereocenters. The minimum absolute atomic E-state index is 0.0467. The van der Waals surface area contributed by atoms with Crippen molar-refractivity contribution in [2.24, 2.45) is 13.0 Å². The number of nitrogens with one attached hydrogen (secondary N) is 2. The molecule has 10 heteroatoms. The molecule has 1 saturated heterocycles. The van der Waals surface area contributed by atoms with Crippen molar-refractivity contribution in [1.82, 2.24) is 25.0 Å². The third-order valence-electron chi connectivity index (χ3n) is 5.48. The van der Waals surface area contributed by atoms with Crippen molar-refractivity contribution in [1.29, 1.82) is 0 Å². The predicted molar refractivity (Wildman–Crippen MR) is 109 cm³/mol. The Kier molecular flexibility index (Phi) is 5.21. The SMILES string of the molecule is Cn1cc(C(=O)NCC2CCN(C(=O)c3cc4cccc([N+](=O)[O-])c4[nH]3)CC2)cn1. The van der Waals surface area contributed by atoms with Gasteiger partial charge in [0.05, 0.1) is 16.7 Å². The molecule has 0 radical (unpaired) electrons. The number of carbonyl (C=O) groups excluding carboxylic acids is 2. The van der Waals surface area contributed by atoms with Crippen molar-refractivity contribution in [3.63, 3.8) is 0 Å². The van der Waals surface area contributed by atoms with Crippen molar-refractivity contribution in [3.8, 4) is 0 Å². The van der Waals surface area contributed by atoms with Crippen LogP contribution in [-0.4, -0.2) is 56.0 Å². The van der Waals surface area contributed by atoms with Crippen LogP contribution in [0.1, 0.15) is 33.7 Å². The lowest BCUT2D eigenvalue weighted by Gasteiger charge is -2.31. The number of para-hydroxylation sites is 1. The van der Waals surface area contributed by atoms with Crippen molar-refractivity contribution >= 4 is 28.4 Å². The zero-order valence-corrected chi connectivity index (χ0v) is 16.5. The van der Waals surface area contributed by atoms with Crippen LogP contribution in [0.3, 0.4) is 0 Å². The maximum Gasteiger partial charge on any atom is 0.293 e. The minimum atomic E-state index is -0.460. The molecular formula is C20H22N6O4. The van der Waals surface area contributed by atoms with Gasteiger partial charge in [-0.25, -0.2) is 0 Å². The number of benzene rings is 1. The third-order valence-corrected chi connectivity index (χ3v) is 5.48. The number of aryl methyl sites for hydroxylation is 1. The molecule has 2 N–H and O–H groups in total. The van der Waals surface area contributed by atoms with Gasteiger partial charge in [0.1, 0.15) is 11.2 Å². The number of carbonyl (C=O) groups is 2. The summed E-state index contributed by atoms with van der Waals surface area (Å²) in [5, 5.41) is 18.7. The molecule has 0 bridgehead atoms. The number of aromatic amines is 1. The van der Waals surface area contributed by atoms with E-state index in [-0.39, 0.29) is 17.5 Å². The molecule has 0 aliphatic carbocycles. The summed E-state index contributed by atoms with van der Waals surface area (Å²) >= 11 is 0. The number of non-ortho nitro benzene ring substituents is 1. The van der Waals surface area contributed by atoms with E-state index in [9.17, 15) is 19.7 Å². The fraction of sp³-hybridized carbons (Fsp3) is 0.350. The Balaban J connectivity index is 1.34. The predicted octanol–water partition coefficient (Wildman–Crippen LogP) is 2.09. The van der Waals surface area contributed by atoms with Gasteiger partial charge in [-0.1, -0.05) is 12.1 Å². The lowest BCUT2D eigenvalue weighted by atomic mass is 9.96. The van der Waals surface area contributed by atoms with Gasteiger partial charge in [0.2, 0.25) is 0 Å². The van der Waals surface area contributed by atoms with E-state index in [1.165, 1.54) is 12.3 Å². The molecule has 1 aliphatic rings. The van der Waals surface area contributed by atoms with Gasteiger partial charge in [-0.15, -0.1) is 0 Å². The molecule has 0 saturated carbocycles. The monoisotopic (exact) mass is 410 g/mol. The van der Waals surface area contributed by atoms with Crippen LogP contribution in [0, 0.1) is 16.0 Å². The van der Waals surface area contributed by atoms with Gasteiger partial charge in [0, 0.05) is 44.3 Å². The Morgan fingerprint density at radius 1 is 1.33 bits per heavy atom. The molecule has 1 fully saturated rings. The van der Waals surface area contributed by atoms with Crippen LogP contribution in [0.4, 0.5) is 5.69 Å². The number of nitro groups is 1. The summed E-state index contributed by atoms with van der Waals surface area (Å²) in [6.07, 6.45) is 4.75. The summed E-state index contributed by atoms with van der Waals surface area (Å²) in [6.45, 7) is 1.70. The number of likely N-dealkylation sites (tertiary alicyclic amines) is 1. The molecule has 0 unspecified atom stereocenters. The molecule has 30 heavy (non-hydrogen) atoms. The number of aromatic nitrogens is 3. The topological polar surface area (TPSA) is 126 Å². The number of hydrogen-bond acceptors (Lipinski definition) is 5. The maximum absolute atomic E-state index is 12.9. The number of rotatable bonds is 5. The Labute approximate surface area is 172 Å². The lowest BCUT2D eigenvalue weighted by molar-refractivity contribution is -0.383. The molecule has 2 aromatic heterocycles. The van der Waals surface area contributed by atoms with Crippen LogP contribution >= 0.6 is 0 Å². The Bertz CT molecular complexity index is 1110. The molecule has 1 aliphatic heterocycles. The third kappa shape index (κ3) is 3.88.